The van der Waals surface area contributed by atoms with Crippen LogP contribution in [0.25, 0.3) is 0 Å². The van der Waals surface area contributed by atoms with Gasteiger partial charge >= 0.3 is 0 Å². The summed E-state index contributed by atoms with van der Waals surface area (Å²) >= 11 is 0. The molecular weight excluding hydrogens is 174 g/mol. The van der Waals surface area contributed by atoms with Crippen molar-refractivity contribution in [2.75, 3.05) is 5.32 Å². The summed E-state index contributed by atoms with van der Waals surface area (Å²) in [6, 6.07) is 0. The Morgan fingerprint density at radius 2 is 1.38 bits per heavy atom. The van der Waals surface area contributed by atoms with Gasteiger partial charge in [0.25, 0.3) is 11.9 Å². The fraction of sp³-hybridized carbons (Fsp3) is 0.500. The molecule has 13 heavy (non-hydrogen) atoms. The highest BCUT2D eigenvalue weighted by molar-refractivity contribution is 5.38. The highest BCUT2D eigenvalue weighted by atomic mass is 15.6. The van der Waals surface area contributed by atoms with Crippen LogP contribution in [0.2, 0.25) is 0 Å². The number of hydrogen-bond donors (Lipinski definition) is 1. The van der Waals surface area contributed by atoms with E-state index in [-0.39, 0.29) is 0 Å². The lowest BCUT2D eigenvalue weighted by Gasteiger charge is -1.89. The Bertz CT molecular complexity index is 361. The molecule has 2 aromatic heterocycles. The number of aromatic nitrogens is 8. The van der Waals surface area contributed by atoms with E-state index in [1.165, 1.54) is 9.59 Å². The summed E-state index contributed by atoms with van der Waals surface area (Å²) in [4.78, 5) is 2.66. The third-order valence-corrected chi connectivity index (χ3v) is 1.24. The maximum atomic E-state index is 3.88. The zero-order valence-electron chi connectivity index (χ0n) is 7.08. The summed E-state index contributed by atoms with van der Waals surface area (Å²) in [7, 11) is 3.34. The standard InChI is InChI=1S/C4H7N9/c1-12-8-3(6-10-12)5-4-7-11-13(2)9-4/h1-2H3,(H,5,8,9). The number of hydrogen-bond acceptors (Lipinski definition) is 7. The predicted octanol–water partition coefficient (Wildman–Crippen LogP) is -1.52. The summed E-state index contributed by atoms with van der Waals surface area (Å²) in [5, 5.41) is 25.1. The van der Waals surface area contributed by atoms with E-state index in [9.17, 15) is 0 Å². The molecule has 0 saturated heterocycles. The van der Waals surface area contributed by atoms with E-state index < -0.39 is 0 Å². The van der Waals surface area contributed by atoms with Gasteiger partial charge in [-0.1, -0.05) is 10.2 Å². The van der Waals surface area contributed by atoms with Crippen LogP contribution in [-0.2, 0) is 14.1 Å². The number of anilines is 2. The lowest BCUT2D eigenvalue weighted by Crippen LogP contribution is -1.97. The fourth-order valence-electron chi connectivity index (χ4n) is 0.768. The average molecular weight is 181 g/mol. The first kappa shape index (κ1) is 7.58. The molecule has 2 rings (SSSR count). The van der Waals surface area contributed by atoms with Gasteiger partial charge in [0.15, 0.2) is 0 Å². The topological polar surface area (TPSA) is 99.2 Å². The third kappa shape index (κ3) is 1.58. The van der Waals surface area contributed by atoms with E-state index in [1.54, 1.807) is 14.1 Å². The molecule has 9 nitrogen and oxygen atoms in total. The van der Waals surface area contributed by atoms with Crippen LogP contribution in [0.5, 0.6) is 0 Å². The van der Waals surface area contributed by atoms with Crippen LogP contribution in [0.15, 0.2) is 0 Å². The number of aryl methyl sites for hydroxylation is 2. The van der Waals surface area contributed by atoms with Crippen molar-refractivity contribution in [3.63, 3.8) is 0 Å². The molecule has 0 aliphatic rings. The summed E-state index contributed by atoms with van der Waals surface area (Å²) in [6.07, 6.45) is 0. The van der Waals surface area contributed by atoms with Crippen LogP contribution < -0.4 is 5.32 Å². The molecule has 0 amide bonds. The van der Waals surface area contributed by atoms with Gasteiger partial charge in [-0.05, 0) is 10.4 Å². The number of nitrogens with zero attached hydrogens (tertiary/aromatic N) is 8. The van der Waals surface area contributed by atoms with Crippen molar-refractivity contribution in [2.24, 2.45) is 14.1 Å². The summed E-state index contributed by atoms with van der Waals surface area (Å²) in [5.74, 6) is 0.686. The lowest BCUT2D eigenvalue weighted by atomic mass is 10.9. The normalized spacial score (nSPS) is 10.3. The van der Waals surface area contributed by atoms with Crippen LogP contribution in [0.3, 0.4) is 0 Å². The highest BCUT2D eigenvalue weighted by Gasteiger charge is 2.03. The minimum absolute atomic E-state index is 0.343. The van der Waals surface area contributed by atoms with Crippen molar-refractivity contribution in [1.29, 1.82) is 0 Å². The monoisotopic (exact) mass is 181 g/mol. The maximum absolute atomic E-state index is 3.88. The molecular formula is C4H7N9. The first-order valence-corrected chi connectivity index (χ1v) is 3.49. The Kier molecular flexibility index (Phi) is 1.61. The summed E-state index contributed by atoms with van der Waals surface area (Å²) in [6.45, 7) is 0. The highest BCUT2D eigenvalue weighted by Crippen LogP contribution is 2.01. The van der Waals surface area contributed by atoms with Crippen LogP contribution in [-0.4, -0.2) is 40.4 Å². The smallest absolute Gasteiger partial charge is 0.270 e. The largest absolute Gasteiger partial charge is 0.287 e. The zero-order chi connectivity index (χ0) is 9.26. The van der Waals surface area contributed by atoms with Gasteiger partial charge in [-0.3, -0.25) is 5.32 Å². The predicted molar refractivity (Wildman–Crippen MR) is 40.9 cm³/mol. The van der Waals surface area contributed by atoms with Gasteiger partial charge in [-0.2, -0.15) is 9.59 Å². The minimum Gasteiger partial charge on any atom is -0.287 e. The van der Waals surface area contributed by atoms with Gasteiger partial charge in [0.2, 0.25) is 0 Å². The summed E-state index contributed by atoms with van der Waals surface area (Å²) in [5.41, 5.74) is 0. The molecule has 2 heterocycles. The Hall–Kier alpha value is -2.06. The Labute approximate surface area is 72.7 Å². The van der Waals surface area contributed by atoms with Crippen molar-refractivity contribution < 1.29 is 0 Å². The molecule has 0 saturated carbocycles. The molecule has 0 atom stereocenters. The zero-order valence-corrected chi connectivity index (χ0v) is 7.08. The molecule has 0 fully saturated rings. The Morgan fingerprint density at radius 1 is 0.923 bits per heavy atom. The first-order valence-electron chi connectivity index (χ1n) is 3.49. The molecule has 0 radical (unpaired) electrons. The second-order valence-corrected chi connectivity index (χ2v) is 2.33. The molecule has 0 spiro atoms. The van der Waals surface area contributed by atoms with E-state index in [0.717, 1.165) is 0 Å². The number of rotatable bonds is 2. The molecule has 1 N–H and O–H groups in total. The lowest BCUT2D eigenvalue weighted by molar-refractivity contribution is 0.629. The molecule has 9 heteroatoms. The van der Waals surface area contributed by atoms with Crippen molar-refractivity contribution in [1.82, 2.24) is 40.4 Å². The van der Waals surface area contributed by atoms with E-state index in [4.69, 9.17) is 0 Å². The van der Waals surface area contributed by atoms with Gasteiger partial charge in [-0.25, -0.2) is 0 Å². The van der Waals surface area contributed by atoms with Crippen LogP contribution in [0.1, 0.15) is 0 Å². The molecule has 0 aliphatic carbocycles. The fourth-order valence-corrected chi connectivity index (χ4v) is 0.768. The Morgan fingerprint density at radius 3 is 1.69 bits per heavy atom. The van der Waals surface area contributed by atoms with E-state index in [0.29, 0.717) is 11.9 Å². The van der Waals surface area contributed by atoms with Gasteiger partial charge in [0.1, 0.15) is 0 Å². The van der Waals surface area contributed by atoms with Crippen molar-refractivity contribution >= 4 is 11.9 Å². The van der Waals surface area contributed by atoms with Gasteiger partial charge in [0, 0.05) is 0 Å². The molecule has 0 unspecified atom stereocenters. The second-order valence-electron chi connectivity index (χ2n) is 2.33. The Balaban J connectivity index is 2.14. The first-order chi connectivity index (χ1) is 6.24. The van der Waals surface area contributed by atoms with Crippen molar-refractivity contribution in [2.45, 2.75) is 0 Å². The van der Waals surface area contributed by atoms with E-state index in [1.807, 2.05) is 0 Å². The van der Waals surface area contributed by atoms with Gasteiger partial charge in [-0.15, -0.1) is 10.2 Å². The molecule has 2 aromatic rings. The van der Waals surface area contributed by atoms with Crippen molar-refractivity contribution in [3.05, 3.63) is 0 Å². The molecule has 68 valence electrons. The second kappa shape index (κ2) is 2.77. The van der Waals surface area contributed by atoms with E-state index >= 15 is 0 Å². The molecule has 0 aliphatic heterocycles. The van der Waals surface area contributed by atoms with Crippen LogP contribution in [0.4, 0.5) is 11.9 Å². The van der Waals surface area contributed by atoms with Crippen LogP contribution in [0, 0.1) is 0 Å². The molecule has 0 bridgehead atoms. The maximum Gasteiger partial charge on any atom is 0.270 e. The van der Waals surface area contributed by atoms with Crippen molar-refractivity contribution in [3.8, 4) is 0 Å². The number of tetrazole rings is 2. The number of nitrogens with one attached hydrogen (secondary N) is 1. The quantitative estimate of drug-likeness (QED) is 0.600. The minimum atomic E-state index is 0.343. The van der Waals surface area contributed by atoms with E-state index in [2.05, 4.69) is 36.1 Å². The molecule has 0 aromatic carbocycles. The SMILES string of the molecule is Cn1nnc(Nc2nnn(C)n2)n1. The van der Waals surface area contributed by atoms with Gasteiger partial charge < -0.3 is 0 Å². The average Bonchev–Trinajstić information content (AvgIpc) is 2.62. The van der Waals surface area contributed by atoms with Crippen LogP contribution >= 0.6 is 0 Å². The third-order valence-electron chi connectivity index (χ3n) is 1.24. The van der Waals surface area contributed by atoms with Gasteiger partial charge in [0.05, 0.1) is 14.1 Å². The summed E-state index contributed by atoms with van der Waals surface area (Å²) < 4.78 is 0.